The van der Waals surface area contributed by atoms with Gasteiger partial charge in [-0.3, -0.25) is 0 Å². The van der Waals surface area contributed by atoms with E-state index in [1.54, 1.807) is 0 Å². The van der Waals surface area contributed by atoms with Crippen LogP contribution < -0.4 is 0 Å². The van der Waals surface area contributed by atoms with Gasteiger partial charge in [0.05, 0.1) is 6.10 Å². The third-order valence-corrected chi connectivity index (χ3v) is 2.75. The normalized spacial score (nSPS) is 30.0. The van der Waals surface area contributed by atoms with E-state index < -0.39 is 0 Å². The molecule has 1 heterocycles. The Labute approximate surface area is 68.2 Å². The zero-order valence-corrected chi connectivity index (χ0v) is 7.16. The largest absolute Gasteiger partial charge is 0.392 e. The van der Waals surface area contributed by atoms with Gasteiger partial charge in [0, 0.05) is 19.6 Å². The fourth-order valence-corrected chi connectivity index (χ4v) is 1.87. The minimum Gasteiger partial charge on any atom is -0.392 e. The van der Waals surface area contributed by atoms with Gasteiger partial charge in [-0.2, -0.15) is 0 Å². The van der Waals surface area contributed by atoms with Crippen LogP contribution in [0.15, 0.2) is 0 Å². The SMILES string of the molecule is CC1CN(CC(O)C2CC2)C1. The van der Waals surface area contributed by atoms with E-state index in [4.69, 9.17) is 0 Å². The quantitative estimate of drug-likeness (QED) is 0.649. The summed E-state index contributed by atoms with van der Waals surface area (Å²) in [4.78, 5) is 2.35. The molecule has 1 aliphatic carbocycles. The topological polar surface area (TPSA) is 23.5 Å². The lowest BCUT2D eigenvalue weighted by Crippen LogP contribution is -2.48. The number of likely N-dealkylation sites (tertiary alicyclic amines) is 1. The highest BCUT2D eigenvalue weighted by molar-refractivity contribution is 4.86. The molecule has 2 nitrogen and oxygen atoms in total. The van der Waals surface area contributed by atoms with Gasteiger partial charge in [0.25, 0.3) is 0 Å². The van der Waals surface area contributed by atoms with Crippen molar-refractivity contribution >= 4 is 0 Å². The summed E-state index contributed by atoms with van der Waals surface area (Å²) in [5.41, 5.74) is 0. The van der Waals surface area contributed by atoms with Crippen LogP contribution in [0.4, 0.5) is 0 Å². The molecule has 1 saturated carbocycles. The van der Waals surface area contributed by atoms with Crippen LogP contribution in [0.3, 0.4) is 0 Å². The van der Waals surface area contributed by atoms with Crippen molar-refractivity contribution in [2.24, 2.45) is 11.8 Å². The Balaban J connectivity index is 1.65. The van der Waals surface area contributed by atoms with E-state index in [1.165, 1.54) is 25.9 Å². The molecule has 1 N–H and O–H groups in total. The van der Waals surface area contributed by atoms with Crippen molar-refractivity contribution in [3.05, 3.63) is 0 Å². The van der Waals surface area contributed by atoms with Gasteiger partial charge in [0.1, 0.15) is 0 Å². The summed E-state index contributed by atoms with van der Waals surface area (Å²) in [6.07, 6.45) is 2.48. The summed E-state index contributed by atoms with van der Waals surface area (Å²) in [6.45, 7) is 5.59. The molecule has 64 valence electrons. The second kappa shape index (κ2) is 2.76. The standard InChI is InChI=1S/C9H17NO/c1-7-4-10(5-7)6-9(11)8-2-3-8/h7-9,11H,2-6H2,1H3. The zero-order valence-electron chi connectivity index (χ0n) is 7.16. The van der Waals surface area contributed by atoms with Crippen molar-refractivity contribution < 1.29 is 5.11 Å². The molecule has 2 fully saturated rings. The van der Waals surface area contributed by atoms with E-state index in [0.29, 0.717) is 5.92 Å². The summed E-state index contributed by atoms with van der Waals surface area (Å²) in [6, 6.07) is 0. The van der Waals surface area contributed by atoms with E-state index in [0.717, 1.165) is 12.5 Å². The Morgan fingerprint density at radius 2 is 2.09 bits per heavy atom. The number of β-amino-alcohol motifs (C(OH)–C–C–N with tert-alkyl or cyclic N) is 1. The molecule has 0 aromatic carbocycles. The Morgan fingerprint density at radius 3 is 2.55 bits per heavy atom. The van der Waals surface area contributed by atoms with Crippen LogP contribution in [-0.4, -0.2) is 35.7 Å². The van der Waals surface area contributed by atoms with Crippen LogP contribution in [0.5, 0.6) is 0 Å². The zero-order chi connectivity index (χ0) is 7.84. The van der Waals surface area contributed by atoms with Gasteiger partial charge >= 0.3 is 0 Å². The van der Waals surface area contributed by atoms with E-state index in [1.807, 2.05) is 0 Å². The lowest BCUT2D eigenvalue weighted by Gasteiger charge is -2.38. The first-order valence-corrected chi connectivity index (χ1v) is 4.66. The predicted octanol–water partition coefficient (Wildman–Crippen LogP) is 0.709. The maximum absolute atomic E-state index is 9.57. The number of rotatable bonds is 3. The third-order valence-electron chi connectivity index (χ3n) is 2.75. The number of hydrogen-bond donors (Lipinski definition) is 1. The van der Waals surface area contributed by atoms with Crippen molar-refractivity contribution in [2.45, 2.75) is 25.9 Å². The number of nitrogens with zero attached hydrogens (tertiary/aromatic N) is 1. The van der Waals surface area contributed by atoms with Gasteiger partial charge in [-0.15, -0.1) is 0 Å². The minimum atomic E-state index is -0.0255. The molecule has 1 atom stereocenters. The van der Waals surface area contributed by atoms with Crippen LogP contribution in [0.2, 0.25) is 0 Å². The molecule has 0 radical (unpaired) electrons. The summed E-state index contributed by atoms with van der Waals surface area (Å²) < 4.78 is 0. The number of aliphatic hydroxyl groups excluding tert-OH is 1. The van der Waals surface area contributed by atoms with Crippen molar-refractivity contribution in [3.8, 4) is 0 Å². The first kappa shape index (κ1) is 7.56. The van der Waals surface area contributed by atoms with Crippen LogP contribution >= 0.6 is 0 Å². The highest BCUT2D eigenvalue weighted by atomic mass is 16.3. The fraction of sp³-hybridized carbons (Fsp3) is 1.00. The maximum Gasteiger partial charge on any atom is 0.0695 e. The summed E-state index contributed by atoms with van der Waals surface area (Å²) in [5, 5.41) is 9.57. The molecule has 0 bridgehead atoms. The van der Waals surface area contributed by atoms with Gasteiger partial charge in [-0.05, 0) is 24.7 Å². The molecule has 0 amide bonds. The number of aliphatic hydroxyl groups is 1. The monoisotopic (exact) mass is 155 g/mol. The van der Waals surface area contributed by atoms with Gasteiger partial charge < -0.3 is 10.0 Å². The van der Waals surface area contributed by atoms with Crippen LogP contribution in [-0.2, 0) is 0 Å². The third kappa shape index (κ3) is 1.74. The molecule has 1 unspecified atom stereocenters. The van der Waals surface area contributed by atoms with Gasteiger partial charge in [-0.1, -0.05) is 6.92 Å². The first-order chi connectivity index (χ1) is 5.25. The average molecular weight is 155 g/mol. The van der Waals surface area contributed by atoms with Crippen LogP contribution in [0.1, 0.15) is 19.8 Å². The molecule has 0 aromatic heterocycles. The average Bonchev–Trinajstić information content (AvgIpc) is 2.64. The van der Waals surface area contributed by atoms with Crippen molar-refractivity contribution in [1.82, 2.24) is 4.90 Å². The molecule has 1 saturated heterocycles. The van der Waals surface area contributed by atoms with Crippen LogP contribution in [0, 0.1) is 11.8 Å². The Morgan fingerprint density at radius 1 is 1.45 bits per heavy atom. The lowest BCUT2D eigenvalue weighted by molar-refractivity contribution is 0.0374. The predicted molar refractivity (Wildman–Crippen MR) is 44.3 cm³/mol. The highest BCUT2D eigenvalue weighted by Gasteiger charge is 2.33. The summed E-state index contributed by atoms with van der Waals surface area (Å²) >= 11 is 0. The highest BCUT2D eigenvalue weighted by Crippen LogP contribution is 2.33. The molecule has 0 spiro atoms. The molecule has 1 aliphatic heterocycles. The molecular formula is C9H17NO. The molecular weight excluding hydrogens is 138 g/mol. The smallest absolute Gasteiger partial charge is 0.0695 e. The van der Waals surface area contributed by atoms with Crippen molar-refractivity contribution in [2.75, 3.05) is 19.6 Å². The lowest BCUT2D eigenvalue weighted by atomic mass is 10.0. The molecule has 2 aliphatic rings. The van der Waals surface area contributed by atoms with E-state index in [9.17, 15) is 5.11 Å². The van der Waals surface area contributed by atoms with Crippen molar-refractivity contribution in [1.29, 1.82) is 0 Å². The minimum absolute atomic E-state index is 0.0255. The molecule has 2 rings (SSSR count). The Hall–Kier alpha value is -0.0800. The number of hydrogen-bond acceptors (Lipinski definition) is 2. The second-order valence-electron chi connectivity index (χ2n) is 4.23. The Kier molecular flexibility index (Phi) is 1.90. The van der Waals surface area contributed by atoms with Gasteiger partial charge in [0.15, 0.2) is 0 Å². The van der Waals surface area contributed by atoms with E-state index in [2.05, 4.69) is 11.8 Å². The Bertz CT molecular complexity index is 138. The summed E-state index contributed by atoms with van der Waals surface area (Å²) in [7, 11) is 0. The van der Waals surface area contributed by atoms with Gasteiger partial charge in [0.2, 0.25) is 0 Å². The van der Waals surface area contributed by atoms with E-state index in [-0.39, 0.29) is 6.10 Å². The molecule has 2 heteroatoms. The molecule has 11 heavy (non-hydrogen) atoms. The first-order valence-electron chi connectivity index (χ1n) is 4.66. The summed E-state index contributed by atoms with van der Waals surface area (Å²) in [5.74, 6) is 1.51. The maximum atomic E-state index is 9.57. The van der Waals surface area contributed by atoms with Gasteiger partial charge in [-0.25, -0.2) is 0 Å². The molecule has 0 aromatic rings. The van der Waals surface area contributed by atoms with Crippen molar-refractivity contribution in [3.63, 3.8) is 0 Å². The fourth-order valence-electron chi connectivity index (χ4n) is 1.87. The van der Waals surface area contributed by atoms with E-state index >= 15 is 0 Å². The van der Waals surface area contributed by atoms with Crippen LogP contribution in [0.25, 0.3) is 0 Å². The second-order valence-corrected chi connectivity index (χ2v) is 4.23.